The van der Waals surface area contributed by atoms with Crippen LogP contribution < -0.4 is 4.74 Å². The number of para-hydroxylation sites is 2. The molecule has 0 saturated heterocycles. The van der Waals surface area contributed by atoms with Gasteiger partial charge in [-0.3, -0.25) is 0 Å². The first-order valence-electron chi connectivity index (χ1n) is 5.49. The molecule has 0 spiro atoms. The van der Waals surface area contributed by atoms with Crippen molar-refractivity contribution in [2.45, 2.75) is 5.82 Å². The molecule has 0 radical (unpaired) electrons. The molecule has 0 unspecified atom stereocenters. The summed E-state index contributed by atoms with van der Waals surface area (Å²) in [5.74, 6) is 0.921. The monoisotopic (exact) mass is 226 g/mol. The van der Waals surface area contributed by atoms with Crippen LogP contribution in [0.1, 0.15) is 16.9 Å². The average molecular weight is 226 g/mol. The molecule has 2 aromatic carbocycles. The summed E-state index contributed by atoms with van der Waals surface area (Å²) in [4.78, 5) is 0. The molecule has 2 aromatic rings. The largest absolute Gasteiger partial charge is 0.464 e. The van der Waals surface area contributed by atoms with Crippen molar-refractivity contribution in [3.63, 3.8) is 0 Å². The lowest BCUT2D eigenvalue weighted by Crippen LogP contribution is -2.27. The lowest BCUT2D eigenvalue weighted by molar-refractivity contribution is 0.382. The van der Waals surface area contributed by atoms with E-state index in [9.17, 15) is 10.0 Å². The third-order valence-electron chi connectivity index (χ3n) is 3.03. The van der Waals surface area contributed by atoms with Crippen molar-refractivity contribution in [1.29, 1.82) is 0 Å². The summed E-state index contributed by atoms with van der Waals surface area (Å²) < 4.78 is 5.74. The van der Waals surface area contributed by atoms with Gasteiger partial charge in [0.2, 0.25) is 0 Å². The molecule has 0 atom stereocenters. The Bertz CT molecular complexity index is 508. The topological polar surface area (TPSA) is 49.7 Å². The Morgan fingerprint density at radius 1 is 0.824 bits per heavy atom. The molecule has 17 heavy (non-hydrogen) atoms. The lowest BCUT2D eigenvalue weighted by Gasteiger charge is -2.27. The molecule has 3 rings (SSSR count). The second kappa shape index (κ2) is 3.91. The van der Waals surface area contributed by atoms with Gasteiger partial charge in [-0.15, -0.1) is 0 Å². The van der Waals surface area contributed by atoms with Crippen LogP contribution in [-0.2, 0) is 0 Å². The van der Waals surface area contributed by atoms with E-state index in [-0.39, 0.29) is 0 Å². The number of hydrogen-bond acceptors (Lipinski definition) is 3. The van der Waals surface area contributed by atoms with E-state index in [0.29, 0.717) is 11.5 Å². The van der Waals surface area contributed by atoms with Crippen molar-refractivity contribution in [3.05, 3.63) is 59.7 Å². The molecule has 3 nitrogen and oxygen atoms in total. The van der Waals surface area contributed by atoms with E-state index in [1.807, 2.05) is 48.5 Å². The molecule has 0 amide bonds. The van der Waals surface area contributed by atoms with Gasteiger partial charge in [0, 0.05) is 11.1 Å². The van der Waals surface area contributed by atoms with Gasteiger partial charge in [0.1, 0.15) is 11.5 Å². The maximum atomic E-state index is 9.57. The maximum absolute atomic E-state index is 9.57. The summed E-state index contributed by atoms with van der Waals surface area (Å²) in [6.45, 7) is 0. The van der Waals surface area contributed by atoms with E-state index in [1.165, 1.54) is 0 Å². The molecule has 1 aliphatic heterocycles. The molecule has 84 valence electrons. The van der Waals surface area contributed by atoms with Gasteiger partial charge in [0.15, 0.2) is 0 Å². The van der Waals surface area contributed by atoms with Gasteiger partial charge in [-0.25, -0.2) is 0 Å². The standard InChI is InChI=1S/C13H11BO3/c15-14(16)13-9-5-1-3-7-11(9)17-12-8-4-2-6-10(12)13/h1-8,13,15-16H. The summed E-state index contributed by atoms with van der Waals surface area (Å²) in [6, 6.07) is 14.9. The predicted molar refractivity (Wildman–Crippen MR) is 65.0 cm³/mol. The Morgan fingerprint density at radius 3 is 1.76 bits per heavy atom. The van der Waals surface area contributed by atoms with Gasteiger partial charge >= 0.3 is 7.12 Å². The molecule has 0 fully saturated rings. The van der Waals surface area contributed by atoms with Crippen LogP contribution in [0.5, 0.6) is 11.5 Å². The van der Waals surface area contributed by atoms with Crippen molar-refractivity contribution in [1.82, 2.24) is 0 Å². The van der Waals surface area contributed by atoms with Gasteiger partial charge in [-0.1, -0.05) is 36.4 Å². The number of hydrogen-bond donors (Lipinski definition) is 2. The Hall–Kier alpha value is -1.78. The molecule has 0 aliphatic carbocycles. The Morgan fingerprint density at radius 2 is 1.29 bits per heavy atom. The highest BCUT2D eigenvalue weighted by Gasteiger charge is 2.34. The number of rotatable bonds is 1. The van der Waals surface area contributed by atoms with Crippen molar-refractivity contribution in [2.75, 3.05) is 0 Å². The normalized spacial score (nSPS) is 13.5. The Labute approximate surface area is 99.4 Å². The third kappa shape index (κ3) is 1.62. The van der Waals surface area contributed by atoms with Crippen molar-refractivity contribution >= 4 is 7.12 Å². The van der Waals surface area contributed by atoms with Crippen LogP contribution in [0.15, 0.2) is 48.5 Å². The smallest absolute Gasteiger partial charge is 0.457 e. The van der Waals surface area contributed by atoms with E-state index in [1.54, 1.807) is 0 Å². The quantitative estimate of drug-likeness (QED) is 0.730. The molecule has 0 saturated carbocycles. The summed E-state index contributed by atoms with van der Waals surface area (Å²) in [6.07, 6.45) is 0. The molecule has 0 bridgehead atoms. The van der Waals surface area contributed by atoms with Crippen molar-refractivity contribution in [2.24, 2.45) is 0 Å². The first-order chi connectivity index (χ1) is 8.27. The van der Waals surface area contributed by atoms with E-state index >= 15 is 0 Å². The minimum atomic E-state index is -1.43. The highest BCUT2D eigenvalue weighted by atomic mass is 16.5. The second-order valence-corrected chi connectivity index (χ2v) is 4.07. The first-order valence-corrected chi connectivity index (χ1v) is 5.49. The van der Waals surface area contributed by atoms with E-state index < -0.39 is 12.9 Å². The first kappa shape index (κ1) is 10.4. The molecule has 1 heterocycles. The number of benzene rings is 2. The van der Waals surface area contributed by atoms with Gasteiger partial charge in [-0.05, 0) is 12.1 Å². The SMILES string of the molecule is OB(O)C1c2ccccc2Oc2ccccc21. The van der Waals surface area contributed by atoms with Crippen LogP contribution in [0, 0.1) is 0 Å². The zero-order valence-corrected chi connectivity index (χ0v) is 9.08. The fraction of sp³-hybridized carbons (Fsp3) is 0.0769. The Balaban J connectivity index is 2.21. The van der Waals surface area contributed by atoms with Gasteiger partial charge in [-0.2, -0.15) is 0 Å². The highest BCUT2D eigenvalue weighted by Crippen LogP contribution is 2.43. The van der Waals surface area contributed by atoms with Crippen LogP contribution in [-0.4, -0.2) is 17.2 Å². The van der Waals surface area contributed by atoms with Crippen LogP contribution >= 0.6 is 0 Å². The molecule has 1 aliphatic rings. The summed E-state index contributed by atoms with van der Waals surface area (Å²) >= 11 is 0. The van der Waals surface area contributed by atoms with Crippen LogP contribution in [0.4, 0.5) is 0 Å². The van der Waals surface area contributed by atoms with Gasteiger partial charge in [0.05, 0.1) is 5.82 Å². The van der Waals surface area contributed by atoms with Crippen LogP contribution in [0.2, 0.25) is 0 Å². The van der Waals surface area contributed by atoms with Crippen molar-refractivity contribution < 1.29 is 14.8 Å². The minimum Gasteiger partial charge on any atom is -0.457 e. The summed E-state index contributed by atoms with van der Waals surface area (Å²) in [7, 11) is -1.43. The van der Waals surface area contributed by atoms with Gasteiger partial charge in [0.25, 0.3) is 0 Å². The summed E-state index contributed by atoms with van der Waals surface area (Å²) in [5, 5.41) is 19.1. The fourth-order valence-corrected chi connectivity index (χ4v) is 2.27. The molecule has 2 N–H and O–H groups in total. The fourth-order valence-electron chi connectivity index (χ4n) is 2.27. The second-order valence-electron chi connectivity index (χ2n) is 4.07. The van der Waals surface area contributed by atoms with Crippen LogP contribution in [0.3, 0.4) is 0 Å². The zero-order chi connectivity index (χ0) is 11.8. The maximum Gasteiger partial charge on any atom is 0.464 e. The number of fused-ring (bicyclic) bond motifs is 2. The minimum absolute atomic E-state index is 0.448. The van der Waals surface area contributed by atoms with E-state index in [2.05, 4.69) is 0 Å². The number of ether oxygens (including phenoxy) is 1. The van der Waals surface area contributed by atoms with Crippen molar-refractivity contribution in [3.8, 4) is 11.5 Å². The predicted octanol–water partition coefficient (Wildman–Crippen LogP) is 1.94. The summed E-state index contributed by atoms with van der Waals surface area (Å²) in [5.41, 5.74) is 1.61. The van der Waals surface area contributed by atoms with E-state index in [4.69, 9.17) is 4.74 Å². The molecule has 0 aromatic heterocycles. The lowest BCUT2D eigenvalue weighted by atomic mass is 9.64. The highest BCUT2D eigenvalue weighted by molar-refractivity contribution is 6.44. The van der Waals surface area contributed by atoms with Gasteiger partial charge < -0.3 is 14.8 Å². The Kier molecular flexibility index (Phi) is 2.39. The molecular weight excluding hydrogens is 215 g/mol. The molecule has 4 heteroatoms. The average Bonchev–Trinajstić information content (AvgIpc) is 2.35. The molecular formula is C13H11BO3. The zero-order valence-electron chi connectivity index (χ0n) is 9.08. The third-order valence-corrected chi connectivity index (χ3v) is 3.03. The van der Waals surface area contributed by atoms with E-state index in [0.717, 1.165) is 11.1 Å². The van der Waals surface area contributed by atoms with Crippen LogP contribution in [0.25, 0.3) is 0 Å².